The Labute approximate surface area is 107 Å². The molecule has 0 saturated heterocycles. The lowest BCUT2D eigenvalue weighted by atomic mass is 10.0. The first-order valence-corrected chi connectivity index (χ1v) is 5.82. The number of methoxy groups -OCH3 is 2. The molecule has 0 saturated carbocycles. The van der Waals surface area contributed by atoms with Crippen molar-refractivity contribution in [2.24, 2.45) is 0 Å². The van der Waals surface area contributed by atoms with Gasteiger partial charge < -0.3 is 19.9 Å². The number of aromatic nitrogens is 2. The number of nitrogens with one attached hydrogen (secondary N) is 1. The van der Waals surface area contributed by atoms with Crippen LogP contribution in [0.15, 0.2) is 6.07 Å². The third kappa shape index (κ3) is 4.85. The fourth-order valence-corrected chi connectivity index (χ4v) is 1.43. The maximum Gasteiger partial charge on any atom is 0.218 e. The number of aliphatic hydroxyl groups is 1. The van der Waals surface area contributed by atoms with E-state index in [1.54, 1.807) is 34.1 Å². The van der Waals surface area contributed by atoms with E-state index in [0.29, 0.717) is 37.1 Å². The van der Waals surface area contributed by atoms with Gasteiger partial charge in [-0.05, 0) is 13.8 Å². The van der Waals surface area contributed by atoms with Crippen LogP contribution in [0.25, 0.3) is 0 Å². The van der Waals surface area contributed by atoms with Crippen molar-refractivity contribution in [3.63, 3.8) is 0 Å². The molecule has 6 heteroatoms. The molecule has 6 nitrogen and oxygen atoms in total. The van der Waals surface area contributed by atoms with Crippen molar-refractivity contribution < 1.29 is 14.6 Å². The van der Waals surface area contributed by atoms with Crippen LogP contribution in [0.1, 0.15) is 19.2 Å². The Hall–Kier alpha value is -1.40. The molecule has 0 fully saturated rings. The van der Waals surface area contributed by atoms with Gasteiger partial charge in [-0.3, -0.25) is 0 Å². The normalized spacial score (nSPS) is 14.1. The monoisotopic (exact) mass is 255 g/mol. The van der Waals surface area contributed by atoms with Crippen molar-refractivity contribution in [3.8, 4) is 5.88 Å². The van der Waals surface area contributed by atoms with E-state index in [9.17, 15) is 5.11 Å². The second kappa shape index (κ2) is 6.51. The number of aryl methyl sites for hydroxylation is 1. The summed E-state index contributed by atoms with van der Waals surface area (Å²) in [4.78, 5) is 8.31. The third-order valence-corrected chi connectivity index (χ3v) is 2.52. The molecule has 0 aliphatic carbocycles. The van der Waals surface area contributed by atoms with Gasteiger partial charge in [-0.1, -0.05) is 0 Å². The summed E-state index contributed by atoms with van der Waals surface area (Å²) < 4.78 is 10.0. The highest BCUT2D eigenvalue weighted by atomic mass is 16.5. The molecular weight excluding hydrogens is 234 g/mol. The molecule has 1 aromatic rings. The Balaban J connectivity index is 2.59. The fourth-order valence-electron chi connectivity index (χ4n) is 1.43. The Morgan fingerprint density at radius 3 is 2.72 bits per heavy atom. The van der Waals surface area contributed by atoms with Crippen LogP contribution in [0, 0.1) is 6.92 Å². The molecule has 0 radical (unpaired) electrons. The molecular formula is C12H21N3O3. The first-order valence-electron chi connectivity index (χ1n) is 5.82. The number of anilines is 1. The zero-order chi connectivity index (χ0) is 13.6. The van der Waals surface area contributed by atoms with E-state index in [-0.39, 0.29) is 0 Å². The minimum atomic E-state index is -0.845. The van der Waals surface area contributed by atoms with Gasteiger partial charge in [0, 0.05) is 32.7 Å². The molecule has 18 heavy (non-hydrogen) atoms. The highest BCUT2D eigenvalue weighted by molar-refractivity contribution is 5.38. The lowest BCUT2D eigenvalue weighted by Crippen LogP contribution is -2.34. The molecule has 1 atom stereocenters. The molecule has 1 rings (SSSR count). The van der Waals surface area contributed by atoms with Gasteiger partial charge in [-0.15, -0.1) is 0 Å². The number of nitrogens with zero attached hydrogens (tertiary/aromatic N) is 2. The predicted octanol–water partition coefficient (Wildman–Crippen LogP) is 0.993. The first kappa shape index (κ1) is 14.7. The zero-order valence-electron chi connectivity index (χ0n) is 11.4. The maximum absolute atomic E-state index is 10.1. The maximum atomic E-state index is 10.1. The lowest BCUT2D eigenvalue weighted by Gasteiger charge is -2.23. The lowest BCUT2D eigenvalue weighted by molar-refractivity contribution is 0.0357. The summed E-state index contributed by atoms with van der Waals surface area (Å²) in [7, 11) is 3.17. The van der Waals surface area contributed by atoms with Crippen molar-refractivity contribution in [1.29, 1.82) is 0 Å². The highest BCUT2D eigenvalue weighted by Crippen LogP contribution is 2.15. The van der Waals surface area contributed by atoms with Gasteiger partial charge in [-0.25, -0.2) is 4.98 Å². The molecule has 0 bridgehead atoms. The van der Waals surface area contributed by atoms with Crippen molar-refractivity contribution in [2.45, 2.75) is 25.9 Å². The van der Waals surface area contributed by atoms with E-state index in [0.717, 1.165) is 0 Å². The van der Waals surface area contributed by atoms with Crippen molar-refractivity contribution in [2.75, 3.05) is 32.7 Å². The molecule has 1 heterocycles. The van der Waals surface area contributed by atoms with Gasteiger partial charge in [0.1, 0.15) is 11.6 Å². The number of rotatable bonds is 7. The smallest absolute Gasteiger partial charge is 0.218 e. The number of hydrogen-bond acceptors (Lipinski definition) is 6. The summed E-state index contributed by atoms with van der Waals surface area (Å²) >= 11 is 0. The highest BCUT2D eigenvalue weighted by Gasteiger charge is 2.20. The Morgan fingerprint density at radius 2 is 2.11 bits per heavy atom. The molecule has 0 amide bonds. The van der Waals surface area contributed by atoms with Crippen LogP contribution >= 0.6 is 0 Å². The molecule has 102 valence electrons. The molecule has 0 aromatic carbocycles. The Kier molecular flexibility index (Phi) is 5.30. The summed E-state index contributed by atoms with van der Waals surface area (Å²) in [5.41, 5.74) is -0.845. The Morgan fingerprint density at radius 1 is 1.39 bits per heavy atom. The van der Waals surface area contributed by atoms with E-state index in [1.807, 2.05) is 0 Å². The van der Waals surface area contributed by atoms with Gasteiger partial charge in [0.2, 0.25) is 5.88 Å². The molecule has 0 aliphatic rings. The topological polar surface area (TPSA) is 76.5 Å². The molecule has 0 aliphatic heterocycles. The van der Waals surface area contributed by atoms with Gasteiger partial charge in [-0.2, -0.15) is 4.98 Å². The fraction of sp³-hybridized carbons (Fsp3) is 0.667. The molecule has 1 aromatic heterocycles. The number of hydrogen-bond donors (Lipinski definition) is 2. The van der Waals surface area contributed by atoms with Crippen molar-refractivity contribution >= 4 is 5.82 Å². The molecule has 2 N–H and O–H groups in total. The second-order valence-electron chi connectivity index (χ2n) is 4.44. The summed E-state index contributed by atoms with van der Waals surface area (Å²) in [6.07, 6.45) is 0.553. The second-order valence-corrected chi connectivity index (χ2v) is 4.44. The quantitative estimate of drug-likeness (QED) is 0.756. The summed E-state index contributed by atoms with van der Waals surface area (Å²) in [6.45, 7) is 4.44. The third-order valence-electron chi connectivity index (χ3n) is 2.52. The minimum absolute atomic E-state index is 0.385. The van der Waals surface area contributed by atoms with Crippen LogP contribution < -0.4 is 10.1 Å². The van der Waals surface area contributed by atoms with E-state index in [4.69, 9.17) is 9.47 Å². The van der Waals surface area contributed by atoms with E-state index in [1.165, 1.54) is 0 Å². The van der Waals surface area contributed by atoms with Crippen LogP contribution in [-0.2, 0) is 4.74 Å². The van der Waals surface area contributed by atoms with Crippen LogP contribution in [0.2, 0.25) is 0 Å². The average Bonchev–Trinajstić information content (AvgIpc) is 2.33. The molecule has 1 unspecified atom stereocenters. The van der Waals surface area contributed by atoms with Gasteiger partial charge in [0.05, 0.1) is 12.7 Å². The average molecular weight is 255 g/mol. The minimum Gasteiger partial charge on any atom is -0.481 e. The van der Waals surface area contributed by atoms with Crippen LogP contribution in [0.3, 0.4) is 0 Å². The van der Waals surface area contributed by atoms with Crippen molar-refractivity contribution in [3.05, 3.63) is 11.9 Å². The first-order chi connectivity index (χ1) is 8.46. The summed E-state index contributed by atoms with van der Waals surface area (Å²) in [5, 5.41) is 13.2. The number of ether oxygens (including phenoxy) is 2. The zero-order valence-corrected chi connectivity index (χ0v) is 11.4. The van der Waals surface area contributed by atoms with E-state index < -0.39 is 5.60 Å². The van der Waals surface area contributed by atoms with Crippen LogP contribution in [0.5, 0.6) is 5.88 Å². The van der Waals surface area contributed by atoms with Gasteiger partial charge in [0.25, 0.3) is 0 Å². The van der Waals surface area contributed by atoms with Gasteiger partial charge in [0.15, 0.2) is 0 Å². The van der Waals surface area contributed by atoms with Crippen LogP contribution in [0.4, 0.5) is 5.82 Å². The van der Waals surface area contributed by atoms with Crippen molar-refractivity contribution in [1.82, 2.24) is 9.97 Å². The van der Waals surface area contributed by atoms with Gasteiger partial charge >= 0.3 is 0 Å². The summed E-state index contributed by atoms with van der Waals surface area (Å²) in [6, 6.07) is 1.69. The summed E-state index contributed by atoms with van der Waals surface area (Å²) in [5.74, 6) is 1.76. The molecule has 0 spiro atoms. The SMILES string of the molecule is COCCC(C)(O)CNc1cc(OC)nc(C)n1. The van der Waals surface area contributed by atoms with E-state index in [2.05, 4.69) is 15.3 Å². The van der Waals surface area contributed by atoms with Crippen LogP contribution in [-0.4, -0.2) is 48.0 Å². The predicted molar refractivity (Wildman–Crippen MR) is 68.9 cm³/mol. The van der Waals surface area contributed by atoms with E-state index >= 15 is 0 Å². The standard InChI is InChI=1S/C12H21N3O3/c1-9-14-10(7-11(15-9)18-4)13-8-12(2,16)5-6-17-3/h7,16H,5-6,8H2,1-4H3,(H,13,14,15). The Bertz CT molecular complexity index is 383. The largest absolute Gasteiger partial charge is 0.481 e.